The van der Waals surface area contributed by atoms with E-state index in [1.165, 1.54) is 0 Å². The summed E-state index contributed by atoms with van der Waals surface area (Å²) in [5.74, 6) is 0.823. The van der Waals surface area contributed by atoms with Crippen molar-refractivity contribution in [1.29, 1.82) is 0 Å². The molecule has 1 aromatic heterocycles. The van der Waals surface area contributed by atoms with E-state index >= 15 is 0 Å². The van der Waals surface area contributed by atoms with Crippen molar-refractivity contribution in [2.24, 2.45) is 5.92 Å². The Morgan fingerprint density at radius 3 is 2.62 bits per heavy atom. The zero-order valence-corrected chi connectivity index (χ0v) is 12.6. The molecule has 0 aliphatic heterocycles. The second kappa shape index (κ2) is 6.83. The third kappa shape index (κ3) is 4.56. The molecule has 0 aliphatic carbocycles. The van der Waals surface area contributed by atoms with Gasteiger partial charge in [-0.2, -0.15) is 0 Å². The van der Waals surface area contributed by atoms with Crippen LogP contribution in [0.1, 0.15) is 29.9 Å². The van der Waals surface area contributed by atoms with Crippen molar-refractivity contribution in [3.8, 4) is 0 Å². The van der Waals surface area contributed by atoms with Crippen molar-refractivity contribution in [3.63, 3.8) is 0 Å². The normalized spacial score (nSPS) is 10.5. The van der Waals surface area contributed by atoms with Crippen molar-refractivity contribution >= 4 is 17.4 Å². The van der Waals surface area contributed by atoms with Gasteiger partial charge in [0.2, 0.25) is 0 Å². The van der Waals surface area contributed by atoms with Crippen LogP contribution in [-0.2, 0) is 0 Å². The van der Waals surface area contributed by atoms with E-state index in [4.69, 9.17) is 0 Å². The predicted octanol–water partition coefficient (Wildman–Crippen LogP) is 2.91. The first kappa shape index (κ1) is 15.0. The fourth-order valence-corrected chi connectivity index (χ4v) is 1.78. The fourth-order valence-electron chi connectivity index (χ4n) is 1.78. The highest BCUT2D eigenvalue weighted by Crippen LogP contribution is 2.15. The summed E-state index contributed by atoms with van der Waals surface area (Å²) in [6, 6.07) is 11.4. The second-order valence-corrected chi connectivity index (χ2v) is 5.40. The summed E-state index contributed by atoms with van der Waals surface area (Å²) in [6.07, 6.45) is 0. The maximum atomic E-state index is 11.8. The summed E-state index contributed by atoms with van der Waals surface area (Å²) >= 11 is 0. The number of benzene rings is 1. The minimum atomic E-state index is -0.196. The van der Waals surface area contributed by atoms with E-state index in [-0.39, 0.29) is 5.91 Å². The molecule has 0 saturated carbocycles. The third-order valence-corrected chi connectivity index (χ3v) is 2.86. The number of aryl methyl sites for hydroxylation is 1. The van der Waals surface area contributed by atoms with Crippen LogP contribution in [0.2, 0.25) is 0 Å². The molecule has 2 N–H and O–H groups in total. The number of aromatic nitrogens is 2. The number of nitrogens with zero attached hydrogens (tertiary/aromatic N) is 2. The molecule has 0 aliphatic rings. The molecule has 110 valence electrons. The Hall–Kier alpha value is -2.43. The lowest BCUT2D eigenvalue weighted by atomic mass is 10.2. The van der Waals surface area contributed by atoms with Gasteiger partial charge in [0.05, 0.1) is 0 Å². The third-order valence-electron chi connectivity index (χ3n) is 2.86. The summed E-state index contributed by atoms with van der Waals surface area (Å²) in [5, 5.41) is 13.9. The smallest absolute Gasteiger partial charge is 0.271 e. The largest absolute Gasteiger partial charge is 0.350 e. The molecule has 0 bridgehead atoms. The molecule has 0 atom stereocenters. The molecule has 1 aromatic carbocycles. The number of anilines is 2. The Bertz CT molecular complexity index is 608. The lowest BCUT2D eigenvalue weighted by Gasteiger charge is -2.08. The van der Waals surface area contributed by atoms with Gasteiger partial charge in [0.15, 0.2) is 11.5 Å². The van der Waals surface area contributed by atoms with E-state index in [0.717, 1.165) is 11.3 Å². The summed E-state index contributed by atoms with van der Waals surface area (Å²) < 4.78 is 0. The standard InChI is InChI=1S/C16H20N4O/c1-11(2)10-17-16(21)14-7-8-15(20-19-14)18-13-6-4-5-12(3)9-13/h4-9,11H,10H2,1-3H3,(H,17,21)(H,18,20). The van der Waals surface area contributed by atoms with Crippen LogP contribution in [0.15, 0.2) is 36.4 Å². The average molecular weight is 284 g/mol. The number of amides is 1. The quantitative estimate of drug-likeness (QED) is 0.886. The van der Waals surface area contributed by atoms with Crippen LogP contribution < -0.4 is 10.6 Å². The molecule has 0 fully saturated rings. The number of rotatable bonds is 5. The van der Waals surface area contributed by atoms with Crippen LogP contribution in [0.25, 0.3) is 0 Å². The summed E-state index contributed by atoms with van der Waals surface area (Å²) in [6.45, 7) is 6.74. The van der Waals surface area contributed by atoms with E-state index in [0.29, 0.717) is 24.0 Å². The van der Waals surface area contributed by atoms with Gasteiger partial charge in [-0.3, -0.25) is 4.79 Å². The average Bonchev–Trinajstić information content (AvgIpc) is 2.45. The maximum Gasteiger partial charge on any atom is 0.271 e. The molecule has 0 saturated heterocycles. The first-order valence-electron chi connectivity index (χ1n) is 7.00. The molecule has 0 spiro atoms. The van der Waals surface area contributed by atoms with Crippen molar-refractivity contribution in [3.05, 3.63) is 47.7 Å². The first-order chi connectivity index (χ1) is 10.0. The molecular formula is C16H20N4O. The number of nitrogens with one attached hydrogen (secondary N) is 2. The predicted molar refractivity (Wildman–Crippen MR) is 83.7 cm³/mol. The van der Waals surface area contributed by atoms with Crippen molar-refractivity contribution < 1.29 is 4.79 Å². The SMILES string of the molecule is Cc1cccc(Nc2ccc(C(=O)NCC(C)C)nn2)c1. The molecule has 1 amide bonds. The number of hydrogen-bond donors (Lipinski definition) is 2. The lowest BCUT2D eigenvalue weighted by molar-refractivity contribution is 0.0943. The minimum Gasteiger partial charge on any atom is -0.350 e. The Labute approximate surface area is 124 Å². The molecule has 5 nitrogen and oxygen atoms in total. The van der Waals surface area contributed by atoms with E-state index in [1.807, 2.05) is 45.0 Å². The van der Waals surface area contributed by atoms with Gasteiger partial charge in [-0.15, -0.1) is 10.2 Å². The highest BCUT2D eigenvalue weighted by atomic mass is 16.1. The van der Waals surface area contributed by atoms with Crippen LogP contribution in [0.5, 0.6) is 0 Å². The van der Waals surface area contributed by atoms with Crippen molar-refractivity contribution in [2.75, 3.05) is 11.9 Å². The first-order valence-corrected chi connectivity index (χ1v) is 7.00. The Morgan fingerprint density at radius 2 is 2.00 bits per heavy atom. The van der Waals surface area contributed by atoms with E-state index < -0.39 is 0 Å². The van der Waals surface area contributed by atoms with Gasteiger partial charge >= 0.3 is 0 Å². The van der Waals surface area contributed by atoms with Gasteiger partial charge in [0.25, 0.3) is 5.91 Å². The van der Waals surface area contributed by atoms with Crippen LogP contribution in [-0.4, -0.2) is 22.6 Å². The Balaban J connectivity index is 2.00. The minimum absolute atomic E-state index is 0.196. The lowest BCUT2D eigenvalue weighted by Crippen LogP contribution is -2.28. The van der Waals surface area contributed by atoms with Crippen LogP contribution in [0.3, 0.4) is 0 Å². The van der Waals surface area contributed by atoms with Crippen molar-refractivity contribution in [2.45, 2.75) is 20.8 Å². The number of hydrogen-bond acceptors (Lipinski definition) is 4. The number of carbonyl (C=O) groups excluding carboxylic acids is 1. The summed E-state index contributed by atoms with van der Waals surface area (Å²) in [5.41, 5.74) is 2.43. The van der Waals surface area contributed by atoms with Crippen LogP contribution in [0.4, 0.5) is 11.5 Å². The van der Waals surface area contributed by atoms with Gasteiger partial charge in [-0.05, 0) is 42.7 Å². The number of carbonyl (C=O) groups is 1. The topological polar surface area (TPSA) is 66.9 Å². The van der Waals surface area contributed by atoms with Gasteiger partial charge in [-0.25, -0.2) is 0 Å². The highest BCUT2D eigenvalue weighted by molar-refractivity contribution is 5.92. The molecule has 5 heteroatoms. The Kier molecular flexibility index (Phi) is 4.87. The molecule has 1 heterocycles. The maximum absolute atomic E-state index is 11.8. The van der Waals surface area contributed by atoms with Crippen LogP contribution >= 0.6 is 0 Å². The van der Waals surface area contributed by atoms with E-state index in [1.54, 1.807) is 12.1 Å². The zero-order chi connectivity index (χ0) is 15.2. The van der Waals surface area contributed by atoms with Gasteiger partial charge in [-0.1, -0.05) is 26.0 Å². The molecule has 2 aromatic rings. The fraction of sp³-hybridized carbons (Fsp3) is 0.312. The zero-order valence-electron chi connectivity index (χ0n) is 12.6. The van der Waals surface area contributed by atoms with Crippen LogP contribution in [0, 0.1) is 12.8 Å². The van der Waals surface area contributed by atoms with Crippen molar-refractivity contribution in [1.82, 2.24) is 15.5 Å². The molecule has 21 heavy (non-hydrogen) atoms. The highest BCUT2D eigenvalue weighted by Gasteiger charge is 2.08. The van der Waals surface area contributed by atoms with Gasteiger partial charge in [0, 0.05) is 12.2 Å². The summed E-state index contributed by atoms with van der Waals surface area (Å²) in [4.78, 5) is 11.8. The van der Waals surface area contributed by atoms with E-state index in [9.17, 15) is 4.79 Å². The second-order valence-electron chi connectivity index (χ2n) is 5.40. The van der Waals surface area contributed by atoms with E-state index in [2.05, 4.69) is 20.8 Å². The Morgan fingerprint density at radius 1 is 1.19 bits per heavy atom. The molecule has 2 rings (SSSR count). The monoisotopic (exact) mass is 284 g/mol. The molecule has 0 unspecified atom stereocenters. The summed E-state index contributed by atoms with van der Waals surface area (Å²) in [7, 11) is 0. The molecule has 0 radical (unpaired) electrons. The van der Waals surface area contributed by atoms with Gasteiger partial charge < -0.3 is 10.6 Å². The van der Waals surface area contributed by atoms with Gasteiger partial charge in [0.1, 0.15) is 0 Å². The molecular weight excluding hydrogens is 264 g/mol.